The van der Waals surface area contributed by atoms with Crippen molar-refractivity contribution in [1.82, 2.24) is 15.0 Å². The van der Waals surface area contributed by atoms with Gasteiger partial charge in [0.25, 0.3) is 5.91 Å². The second kappa shape index (κ2) is 4.19. The van der Waals surface area contributed by atoms with Crippen molar-refractivity contribution in [3.8, 4) is 0 Å². The number of methoxy groups -OCH3 is 1. The molecule has 1 atom stereocenters. The number of carbonyl (C=O) groups excluding carboxylic acids is 1. The summed E-state index contributed by atoms with van der Waals surface area (Å²) in [5.74, 6) is -0.580. The van der Waals surface area contributed by atoms with Gasteiger partial charge in [-0.3, -0.25) is 4.79 Å². The summed E-state index contributed by atoms with van der Waals surface area (Å²) in [6, 6.07) is 0. The highest BCUT2D eigenvalue weighted by Gasteiger charge is 2.21. The molecule has 1 unspecified atom stereocenters. The van der Waals surface area contributed by atoms with E-state index in [0.29, 0.717) is 12.2 Å². The van der Waals surface area contributed by atoms with Crippen molar-refractivity contribution in [2.45, 2.75) is 26.5 Å². The number of primary amides is 1. The lowest BCUT2D eigenvalue weighted by Gasteiger charge is -2.11. The number of carbonyl (C=O) groups is 1. The van der Waals surface area contributed by atoms with E-state index >= 15 is 0 Å². The Kier molecular flexibility index (Phi) is 3.19. The van der Waals surface area contributed by atoms with Crippen LogP contribution in [0.2, 0.25) is 0 Å². The van der Waals surface area contributed by atoms with Gasteiger partial charge in [0.05, 0.1) is 6.10 Å². The fourth-order valence-corrected chi connectivity index (χ4v) is 1.24. The molecule has 1 aromatic heterocycles. The molecule has 14 heavy (non-hydrogen) atoms. The standard InChI is InChI=1S/C8H14N4O2/c1-4-12-7(5(2)14-3)6(8(9)13)10-11-12/h5H,4H2,1-3H3,(H2,9,13). The van der Waals surface area contributed by atoms with Gasteiger partial charge in [0.1, 0.15) is 5.69 Å². The van der Waals surface area contributed by atoms with Crippen molar-refractivity contribution >= 4 is 5.91 Å². The predicted molar refractivity (Wildman–Crippen MR) is 49.6 cm³/mol. The van der Waals surface area contributed by atoms with Gasteiger partial charge in [0.15, 0.2) is 5.69 Å². The van der Waals surface area contributed by atoms with Crippen LogP contribution in [0, 0.1) is 0 Å². The molecule has 6 heteroatoms. The molecule has 1 aromatic rings. The number of nitrogens with two attached hydrogens (primary N) is 1. The third-order valence-electron chi connectivity index (χ3n) is 2.04. The van der Waals surface area contributed by atoms with Crippen molar-refractivity contribution in [3.63, 3.8) is 0 Å². The number of amides is 1. The molecule has 2 N–H and O–H groups in total. The van der Waals surface area contributed by atoms with Crippen molar-refractivity contribution in [3.05, 3.63) is 11.4 Å². The molecule has 78 valence electrons. The fourth-order valence-electron chi connectivity index (χ4n) is 1.24. The van der Waals surface area contributed by atoms with Crippen LogP contribution >= 0.6 is 0 Å². The molecule has 6 nitrogen and oxygen atoms in total. The van der Waals surface area contributed by atoms with Gasteiger partial charge in [-0.1, -0.05) is 5.21 Å². The molecule has 1 rings (SSSR count). The number of rotatable bonds is 4. The number of aryl methyl sites for hydroxylation is 1. The van der Waals surface area contributed by atoms with Gasteiger partial charge in [0.2, 0.25) is 0 Å². The van der Waals surface area contributed by atoms with E-state index in [2.05, 4.69) is 10.3 Å². The lowest BCUT2D eigenvalue weighted by atomic mass is 10.2. The Morgan fingerprint density at radius 1 is 1.71 bits per heavy atom. The average molecular weight is 198 g/mol. The highest BCUT2D eigenvalue weighted by molar-refractivity contribution is 5.91. The quantitative estimate of drug-likeness (QED) is 0.744. The molecule has 0 aliphatic rings. The highest BCUT2D eigenvalue weighted by atomic mass is 16.5. The van der Waals surface area contributed by atoms with Crippen LogP contribution < -0.4 is 5.73 Å². The number of aromatic nitrogens is 3. The maximum Gasteiger partial charge on any atom is 0.271 e. The van der Waals surface area contributed by atoms with E-state index in [0.717, 1.165) is 0 Å². The summed E-state index contributed by atoms with van der Waals surface area (Å²) in [5, 5.41) is 7.52. The number of nitrogens with zero attached hydrogens (tertiary/aromatic N) is 3. The molecule has 1 heterocycles. The smallest absolute Gasteiger partial charge is 0.271 e. The molecule has 1 amide bonds. The van der Waals surface area contributed by atoms with Crippen LogP contribution in [0.3, 0.4) is 0 Å². The molecule has 0 fully saturated rings. The Hall–Kier alpha value is -1.43. The Morgan fingerprint density at radius 3 is 2.79 bits per heavy atom. The predicted octanol–water partition coefficient (Wildman–Crippen LogP) is 0.104. The van der Waals surface area contributed by atoms with Crippen LogP contribution in [0.4, 0.5) is 0 Å². The van der Waals surface area contributed by atoms with Crippen LogP contribution in [0.5, 0.6) is 0 Å². The number of ether oxygens (including phenoxy) is 1. The monoisotopic (exact) mass is 198 g/mol. The zero-order chi connectivity index (χ0) is 10.7. The van der Waals surface area contributed by atoms with E-state index in [4.69, 9.17) is 10.5 Å². The lowest BCUT2D eigenvalue weighted by molar-refractivity contribution is 0.0961. The van der Waals surface area contributed by atoms with Gasteiger partial charge in [-0.25, -0.2) is 4.68 Å². The topological polar surface area (TPSA) is 83.0 Å². The van der Waals surface area contributed by atoms with Gasteiger partial charge in [-0.2, -0.15) is 0 Å². The minimum absolute atomic E-state index is 0.182. The van der Waals surface area contributed by atoms with Crippen LogP contribution in [-0.4, -0.2) is 28.0 Å². The van der Waals surface area contributed by atoms with Crippen molar-refractivity contribution in [2.24, 2.45) is 5.73 Å². The minimum atomic E-state index is -0.580. The molecule has 0 aliphatic carbocycles. The maximum absolute atomic E-state index is 11.0. The van der Waals surface area contributed by atoms with Gasteiger partial charge < -0.3 is 10.5 Å². The first kappa shape index (κ1) is 10.6. The molecule has 0 bridgehead atoms. The van der Waals surface area contributed by atoms with E-state index in [1.165, 1.54) is 0 Å². The number of hydrogen-bond acceptors (Lipinski definition) is 4. The van der Waals surface area contributed by atoms with Gasteiger partial charge >= 0.3 is 0 Å². The maximum atomic E-state index is 11.0. The summed E-state index contributed by atoms with van der Waals surface area (Å²) in [7, 11) is 1.56. The Bertz CT molecular complexity index is 334. The third-order valence-corrected chi connectivity index (χ3v) is 2.04. The van der Waals surface area contributed by atoms with Crippen LogP contribution in [0.15, 0.2) is 0 Å². The first-order chi connectivity index (χ1) is 6.61. The summed E-state index contributed by atoms with van der Waals surface area (Å²) < 4.78 is 6.72. The summed E-state index contributed by atoms with van der Waals surface area (Å²) in [4.78, 5) is 11.0. The van der Waals surface area contributed by atoms with Crippen molar-refractivity contribution < 1.29 is 9.53 Å². The van der Waals surface area contributed by atoms with E-state index < -0.39 is 5.91 Å². The summed E-state index contributed by atoms with van der Waals surface area (Å²) >= 11 is 0. The second-order valence-electron chi connectivity index (χ2n) is 2.88. The van der Waals surface area contributed by atoms with Gasteiger partial charge in [-0.15, -0.1) is 5.10 Å². The van der Waals surface area contributed by atoms with Crippen LogP contribution in [0.25, 0.3) is 0 Å². The Morgan fingerprint density at radius 2 is 2.36 bits per heavy atom. The highest BCUT2D eigenvalue weighted by Crippen LogP contribution is 2.18. The fraction of sp³-hybridized carbons (Fsp3) is 0.625. The largest absolute Gasteiger partial charge is 0.375 e. The third kappa shape index (κ3) is 1.74. The normalized spacial score (nSPS) is 12.8. The van der Waals surface area contributed by atoms with Crippen LogP contribution in [0.1, 0.15) is 36.1 Å². The average Bonchev–Trinajstić information content (AvgIpc) is 2.59. The lowest BCUT2D eigenvalue weighted by Crippen LogP contribution is -2.17. The van der Waals surface area contributed by atoms with Gasteiger partial charge in [0, 0.05) is 13.7 Å². The van der Waals surface area contributed by atoms with E-state index in [1.807, 2.05) is 13.8 Å². The van der Waals surface area contributed by atoms with Crippen molar-refractivity contribution in [1.29, 1.82) is 0 Å². The molecule has 0 aromatic carbocycles. The minimum Gasteiger partial charge on any atom is -0.375 e. The van der Waals surface area contributed by atoms with Gasteiger partial charge in [-0.05, 0) is 13.8 Å². The Labute approximate surface area is 82.0 Å². The molecular formula is C8H14N4O2. The van der Waals surface area contributed by atoms with E-state index in [9.17, 15) is 4.79 Å². The molecular weight excluding hydrogens is 184 g/mol. The van der Waals surface area contributed by atoms with Crippen molar-refractivity contribution in [2.75, 3.05) is 7.11 Å². The summed E-state index contributed by atoms with van der Waals surface area (Å²) in [6.45, 7) is 4.35. The zero-order valence-corrected chi connectivity index (χ0v) is 8.52. The summed E-state index contributed by atoms with van der Waals surface area (Å²) in [5.41, 5.74) is 5.97. The molecule has 0 radical (unpaired) electrons. The first-order valence-corrected chi connectivity index (χ1v) is 4.37. The van der Waals surface area contributed by atoms with E-state index in [1.54, 1.807) is 11.8 Å². The SMILES string of the molecule is CCn1nnc(C(N)=O)c1C(C)OC. The Balaban J connectivity index is 3.19. The first-order valence-electron chi connectivity index (χ1n) is 4.37. The zero-order valence-electron chi connectivity index (χ0n) is 8.52. The van der Waals surface area contributed by atoms with E-state index in [-0.39, 0.29) is 11.8 Å². The molecule has 0 spiro atoms. The molecule has 0 aliphatic heterocycles. The summed E-state index contributed by atoms with van der Waals surface area (Å²) in [6.07, 6.45) is -0.243. The van der Waals surface area contributed by atoms with Crippen LogP contribution in [-0.2, 0) is 11.3 Å². The second-order valence-corrected chi connectivity index (χ2v) is 2.88. The number of hydrogen-bond donors (Lipinski definition) is 1. The molecule has 0 saturated heterocycles. The molecule has 0 saturated carbocycles.